The monoisotopic (exact) mass is 338 g/mol. The number of rotatable bonds is 4. The van der Waals surface area contributed by atoms with E-state index in [9.17, 15) is 10.1 Å². The Morgan fingerprint density at radius 2 is 1.80 bits per heavy atom. The Balaban J connectivity index is 1.77. The molecule has 0 spiro atoms. The van der Waals surface area contributed by atoms with Gasteiger partial charge in [-0.05, 0) is 37.1 Å². The van der Waals surface area contributed by atoms with Gasteiger partial charge in [0.1, 0.15) is 12.7 Å². The number of ether oxygens (including phenoxy) is 2. The van der Waals surface area contributed by atoms with Gasteiger partial charge in [0.15, 0.2) is 5.60 Å². The van der Waals surface area contributed by atoms with Crippen LogP contribution in [0, 0.1) is 10.1 Å². The quantitative estimate of drug-likeness (QED) is 0.483. The number of benzene rings is 2. The number of epoxide rings is 1. The second-order valence-electron chi connectivity index (χ2n) is 6.97. The highest BCUT2D eigenvalue weighted by molar-refractivity contribution is 5.92. The SMILES string of the molecule is CC1(C)COC([C@]2(c3ccc([N+](=O)[O-])cc3)O[C@H]2c2ccccc2)=N1. The Morgan fingerprint density at radius 3 is 2.36 bits per heavy atom. The predicted octanol–water partition coefficient (Wildman–Crippen LogP) is 3.77. The Hall–Kier alpha value is -2.73. The van der Waals surface area contributed by atoms with Gasteiger partial charge in [0.25, 0.3) is 5.69 Å². The summed E-state index contributed by atoms with van der Waals surface area (Å²) in [6.45, 7) is 4.49. The lowest BCUT2D eigenvalue weighted by atomic mass is 9.91. The lowest BCUT2D eigenvalue weighted by Gasteiger charge is -2.13. The van der Waals surface area contributed by atoms with Gasteiger partial charge < -0.3 is 9.47 Å². The van der Waals surface area contributed by atoms with Crippen LogP contribution >= 0.6 is 0 Å². The molecule has 6 nitrogen and oxygen atoms in total. The first-order chi connectivity index (χ1) is 11.9. The standard InChI is InChI=1S/C19H18N2O4/c1-18(2)12-24-17(20-18)19(14-8-10-15(11-9-14)21(22)23)16(25-19)13-6-4-3-5-7-13/h3-11,16H,12H2,1-2H3/t16-,19+/m0/s1. The molecule has 2 aromatic carbocycles. The molecule has 1 saturated heterocycles. The lowest BCUT2D eigenvalue weighted by molar-refractivity contribution is -0.384. The zero-order valence-electron chi connectivity index (χ0n) is 14.0. The number of non-ortho nitro benzene ring substituents is 1. The van der Waals surface area contributed by atoms with E-state index in [0.29, 0.717) is 12.5 Å². The zero-order valence-corrected chi connectivity index (χ0v) is 14.0. The molecule has 25 heavy (non-hydrogen) atoms. The summed E-state index contributed by atoms with van der Waals surface area (Å²) in [5.74, 6) is 0.542. The molecule has 0 bridgehead atoms. The van der Waals surface area contributed by atoms with E-state index >= 15 is 0 Å². The van der Waals surface area contributed by atoms with E-state index in [1.165, 1.54) is 12.1 Å². The first kappa shape index (κ1) is 15.8. The van der Waals surface area contributed by atoms with Crippen molar-refractivity contribution in [1.29, 1.82) is 0 Å². The molecule has 0 radical (unpaired) electrons. The van der Waals surface area contributed by atoms with Crippen LogP contribution in [-0.2, 0) is 15.1 Å². The first-order valence-corrected chi connectivity index (χ1v) is 8.13. The summed E-state index contributed by atoms with van der Waals surface area (Å²) in [6.07, 6.45) is -0.220. The van der Waals surface area contributed by atoms with Gasteiger partial charge in [0.2, 0.25) is 5.90 Å². The van der Waals surface area contributed by atoms with E-state index in [1.807, 2.05) is 44.2 Å². The van der Waals surface area contributed by atoms with Crippen LogP contribution in [0.3, 0.4) is 0 Å². The van der Waals surface area contributed by atoms with Gasteiger partial charge in [-0.3, -0.25) is 10.1 Å². The van der Waals surface area contributed by atoms with Crippen molar-refractivity contribution in [2.24, 2.45) is 4.99 Å². The van der Waals surface area contributed by atoms with Crippen LogP contribution in [0.1, 0.15) is 31.1 Å². The van der Waals surface area contributed by atoms with Gasteiger partial charge in [-0.1, -0.05) is 30.3 Å². The van der Waals surface area contributed by atoms with E-state index in [2.05, 4.69) is 0 Å². The number of nitro groups is 1. The first-order valence-electron chi connectivity index (χ1n) is 8.13. The Kier molecular flexibility index (Phi) is 3.40. The molecule has 6 heteroatoms. The lowest BCUT2D eigenvalue weighted by Crippen LogP contribution is -2.23. The molecule has 1 fully saturated rings. The van der Waals surface area contributed by atoms with Crippen molar-refractivity contribution in [3.05, 3.63) is 75.8 Å². The van der Waals surface area contributed by atoms with Crippen molar-refractivity contribution in [2.45, 2.75) is 31.1 Å². The fourth-order valence-corrected chi connectivity index (χ4v) is 3.19. The van der Waals surface area contributed by atoms with E-state index < -0.39 is 10.5 Å². The van der Waals surface area contributed by atoms with Crippen LogP contribution in [0.25, 0.3) is 0 Å². The van der Waals surface area contributed by atoms with Crippen molar-refractivity contribution >= 4 is 11.6 Å². The maximum absolute atomic E-state index is 10.9. The van der Waals surface area contributed by atoms with Crippen LogP contribution in [0.4, 0.5) is 5.69 Å². The van der Waals surface area contributed by atoms with Crippen LogP contribution in [0.5, 0.6) is 0 Å². The molecular formula is C19H18N2O4. The van der Waals surface area contributed by atoms with Crippen molar-refractivity contribution in [1.82, 2.24) is 0 Å². The second-order valence-corrected chi connectivity index (χ2v) is 6.97. The maximum atomic E-state index is 10.9. The summed E-state index contributed by atoms with van der Waals surface area (Å²) in [4.78, 5) is 15.2. The molecule has 2 aliphatic rings. The summed E-state index contributed by atoms with van der Waals surface area (Å²) >= 11 is 0. The van der Waals surface area contributed by atoms with Crippen molar-refractivity contribution in [2.75, 3.05) is 6.61 Å². The fourth-order valence-electron chi connectivity index (χ4n) is 3.19. The summed E-state index contributed by atoms with van der Waals surface area (Å²) < 4.78 is 12.0. The molecule has 0 unspecified atom stereocenters. The minimum atomic E-state index is -0.815. The summed E-state index contributed by atoms with van der Waals surface area (Å²) in [5.41, 5.74) is 0.756. The van der Waals surface area contributed by atoms with Gasteiger partial charge in [0.05, 0.1) is 10.5 Å². The molecule has 2 heterocycles. The topological polar surface area (TPSA) is 77.3 Å². The predicted molar refractivity (Wildman–Crippen MR) is 92.5 cm³/mol. The van der Waals surface area contributed by atoms with Crippen molar-refractivity contribution < 1.29 is 14.4 Å². The van der Waals surface area contributed by atoms with E-state index in [0.717, 1.165) is 11.1 Å². The van der Waals surface area contributed by atoms with Crippen LogP contribution in [0.15, 0.2) is 59.6 Å². The van der Waals surface area contributed by atoms with Crippen LogP contribution in [-0.4, -0.2) is 23.0 Å². The molecule has 128 valence electrons. The van der Waals surface area contributed by atoms with Crippen LogP contribution in [0.2, 0.25) is 0 Å². The van der Waals surface area contributed by atoms with Gasteiger partial charge >= 0.3 is 0 Å². The normalized spacial score (nSPS) is 26.6. The third-order valence-corrected chi connectivity index (χ3v) is 4.51. The highest BCUT2D eigenvalue weighted by atomic mass is 16.6. The Bertz CT molecular complexity index is 845. The Morgan fingerprint density at radius 1 is 1.12 bits per heavy atom. The summed E-state index contributed by atoms with van der Waals surface area (Å²) in [7, 11) is 0. The summed E-state index contributed by atoms with van der Waals surface area (Å²) in [6, 6.07) is 16.3. The molecule has 2 aromatic rings. The number of nitro benzene ring substituents is 1. The van der Waals surface area contributed by atoms with Crippen molar-refractivity contribution in [3.8, 4) is 0 Å². The third-order valence-electron chi connectivity index (χ3n) is 4.51. The second kappa shape index (κ2) is 5.39. The number of hydrogen-bond donors (Lipinski definition) is 0. The highest BCUT2D eigenvalue weighted by Crippen LogP contribution is 2.59. The largest absolute Gasteiger partial charge is 0.476 e. The number of aliphatic imine (C=N–C) groups is 1. The molecule has 0 saturated carbocycles. The van der Waals surface area contributed by atoms with E-state index in [4.69, 9.17) is 14.5 Å². The fraction of sp³-hybridized carbons (Fsp3) is 0.316. The molecule has 0 aliphatic carbocycles. The minimum absolute atomic E-state index is 0.0467. The molecule has 4 rings (SSSR count). The van der Waals surface area contributed by atoms with Gasteiger partial charge in [-0.25, -0.2) is 4.99 Å². The molecule has 2 atom stereocenters. The van der Waals surface area contributed by atoms with Gasteiger partial charge in [0, 0.05) is 12.1 Å². The smallest absolute Gasteiger partial charge is 0.269 e. The Labute approximate surface area is 145 Å². The number of nitrogens with zero attached hydrogens (tertiary/aromatic N) is 2. The third kappa shape index (κ3) is 2.59. The summed E-state index contributed by atoms with van der Waals surface area (Å²) in [5, 5.41) is 10.9. The van der Waals surface area contributed by atoms with Gasteiger partial charge in [-0.15, -0.1) is 0 Å². The van der Waals surface area contributed by atoms with Crippen LogP contribution < -0.4 is 0 Å². The molecular weight excluding hydrogens is 320 g/mol. The van der Waals surface area contributed by atoms with Gasteiger partial charge in [-0.2, -0.15) is 0 Å². The zero-order chi connectivity index (χ0) is 17.7. The number of hydrogen-bond acceptors (Lipinski definition) is 5. The maximum Gasteiger partial charge on any atom is 0.269 e. The molecule has 0 aromatic heterocycles. The molecule has 2 aliphatic heterocycles. The highest BCUT2D eigenvalue weighted by Gasteiger charge is 2.65. The molecule has 0 N–H and O–H groups in total. The van der Waals surface area contributed by atoms with Crippen molar-refractivity contribution in [3.63, 3.8) is 0 Å². The minimum Gasteiger partial charge on any atom is -0.476 e. The average Bonchev–Trinajstić information content (AvgIpc) is 3.26. The molecule has 0 amide bonds. The average molecular weight is 338 g/mol. The van der Waals surface area contributed by atoms with E-state index in [1.54, 1.807) is 12.1 Å². The van der Waals surface area contributed by atoms with E-state index in [-0.39, 0.29) is 17.3 Å².